The van der Waals surface area contributed by atoms with Crippen LogP contribution in [-0.2, 0) is 11.3 Å². The molecule has 144 valence electrons. The molecule has 1 aliphatic heterocycles. The molecule has 2 aliphatic rings. The second-order valence-electron chi connectivity index (χ2n) is 7.77. The fraction of sp³-hybridized carbons (Fsp3) is 0.650. The van der Waals surface area contributed by atoms with Gasteiger partial charge >= 0.3 is 0 Å². The van der Waals surface area contributed by atoms with Gasteiger partial charge in [-0.05, 0) is 55.4 Å². The summed E-state index contributed by atoms with van der Waals surface area (Å²) in [5.41, 5.74) is -0.676. The van der Waals surface area contributed by atoms with Gasteiger partial charge in [-0.3, -0.25) is 4.79 Å². The van der Waals surface area contributed by atoms with Gasteiger partial charge in [-0.25, -0.2) is 4.39 Å². The number of piperidine rings is 1. The van der Waals surface area contributed by atoms with Crippen molar-refractivity contribution < 1.29 is 14.3 Å². The minimum Gasteiger partial charge on any atom is -0.379 e. The number of hydrogen-bond donors (Lipinski definition) is 2. The summed E-state index contributed by atoms with van der Waals surface area (Å²) >= 11 is 5.86. The van der Waals surface area contributed by atoms with Crippen LogP contribution in [0.15, 0.2) is 18.2 Å². The largest absolute Gasteiger partial charge is 0.379 e. The van der Waals surface area contributed by atoms with Gasteiger partial charge in [0.25, 0.3) is 5.91 Å². The number of hydrogen-bond acceptors (Lipinski definition) is 3. The Morgan fingerprint density at radius 3 is 2.73 bits per heavy atom. The zero-order chi connectivity index (χ0) is 18.6. The molecule has 1 unspecified atom stereocenters. The van der Waals surface area contributed by atoms with Gasteiger partial charge in [-0.2, -0.15) is 0 Å². The molecular formula is C20H28ClFN2O2. The van der Waals surface area contributed by atoms with Crippen LogP contribution in [0.1, 0.15) is 50.5 Å². The number of benzene rings is 1. The van der Waals surface area contributed by atoms with Gasteiger partial charge in [0.05, 0.1) is 0 Å². The predicted octanol–water partition coefficient (Wildman–Crippen LogP) is 3.50. The van der Waals surface area contributed by atoms with E-state index in [0.29, 0.717) is 29.5 Å². The van der Waals surface area contributed by atoms with Crippen LogP contribution in [0.25, 0.3) is 0 Å². The Balaban J connectivity index is 1.54. The number of nitrogens with zero attached hydrogens (tertiary/aromatic N) is 1. The molecule has 1 aromatic rings. The Kier molecular flexibility index (Phi) is 6.54. The van der Waals surface area contributed by atoms with Crippen molar-refractivity contribution in [2.24, 2.45) is 5.92 Å². The van der Waals surface area contributed by atoms with Crippen LogP contribution >= 0.6 is 11.6 Å². The lowest BCUT2D eigenvalue weighted by atomic mass is 9.86. The molecule has 2 fully saturated rings. The zero-order valence-corrected chi connectivity index (χ0v) is 15.9. The van der Waals surface area contributed by atoms with Crippen molar-refractivity contribution >= 4 is 17.5 Å². The SMILES string of the molecule is O=C1N(CC2CCCCC2)CCCC1(O)CNCc1cc(F)cc(Cl)c1. The third-order valence-electron chi connectivity index (χ3n) is 5.58. The molecule has 26 heavy (non-hydrogen) atoms. The van der Waals surface area contributed by atoms with Crippen LogP contribution in [-0.4, -0.2) is 41.1 Å². The Hall–Kier alpha value is -1.17. The van der Waals surface area contributed by atoms with Gasteiger partial charge in [0, 0.05) is 31.2 Å². The van der Waals surface area contributed by atoms with Crippen molar-refractivity contribution in [1.82, 2.24) is 10.2 Å². The standard InChI is InChI=1S/C20H28ClFN2O2/c21-17-9-16(10-18(22)11-17)12-23-14-20(26)7-4-8-24(19(20)25)13-15-5-2-1-3-6-15/h9-11,15,23,26H,1-8,12-14H2. The lowest BCUT2D eigenvalue weighted by Crippen LogP contribution is -2.58. The van der Waals surface area contributed by atoms with E-state index in [1.54, 1.807) is 6.07 Å². The molecule has 1 heterocycles. The number of rotatable bonds is 6. The zero-order valence-electron chi connectivity index (χ0n) is 15.1. The molecule has 1 aliphatic carbocycles. The van der Waals surface area contributed by atoms with Gasteiger partial charge < -0.3 is 15.3 Å². The normalized spacial score (nSPS) is 24.9. The number of aliphatic hydroxyl groups is 1. The highest BCUT2D eigenvalue weighted by atomic mass is 35.5. The van der Waals surface area contributed by atoms with E-state index in [1.807, 2.05) is 4.90 Å². The average Bonchev–Trinajstić information content (AvgIpc) is 2.59. The van der Waals surface area contributed by atoms with Crippen LogP contribution in [0.2, 0.25) is 5.02 Å². The van der Waals surface area contributed by atoms with Gasteiger partial charge in [-0.15, -0.1) is 0 Å². The van der Waals surface area contributed by atoms with E-state index in [0.717, 1.165) is 19.5 Å². The van der Waals surface area contributed by atoms with Crippen molar-refractivity contribution in [3.63, 3.8) is 0 Å². The first-order chi connectivity index (χ1) is 12.5. The summed E-state index contributed by atoms with van der Waals surface area (Å²) < 4.78 is 13.4. The van der Waals surface area contributed by atoms with Gasteiger partial charge in [0.2, 0.25) is 0 Å². The summed E-state index contributed by atoms with van der Waals surface area (Å²) in [6, 6.07) is 4.34. The van der Waals surface area contributed by atoms with Crippen molar-refractivity contribution in [3.8, 4) is 0 Å². The Morgan fingerprint density at radius 2 is 2.00 bits per heavy atom. The van der Waals surface area contributed by atoms with E-state index in [9.17, 15) is 14.3 Å². The highest BCUT2D eigenvalue weighted by Gasteiger charge is 2.42. The first-order valence-corrected chi connectivity index (χ1v) is 10.0. The van der Waals surface area contributed by atoms with E-state index in [2.05, 4.69) is 5.32 Å². The summed E-state index contributed by atoms with van der Waals surface area (Å²) in [4.78, 5) is 14.7. The first kappa shape index (κ1) is 19.6. The lowest BCUT2D eigenvalue weighted by Gasteiger charge is -2.40. The fourth-order valence-corrected chi connectivity index (χ4v) is 4.46. The molecule has 0 aromatic heterocycles. The number of carbonyl (C=O) groups excluding carboxylic acids is 1. The summed E-state index contributed by atoms with van der Waals surface area (Å²) in [6.07, 6.45) is 7.42. The molecule has 0 bridgehead atoms. The Labute approximate surface area is 159 Å². The molecule has 1 saturated carbocycles. The van der Waals surface area contributed by atoms with Gasteiger partial charge in [0.15, 0.2) is 5.60 Å². The van der Waals surface area contributed by atoms with E-state index in [-0.39, 0.29) is 18.3 Å². The third-order valence-corrected chi connectivity index (χ3v) is 5.79. The van der Waals surface area contributed by atoms with E-state index < -0.39 is 5.60 Å². The van der Waals surface area contributed by atoms with Crippen LogP contribution in [0.4, 0.5) is 4.39 Å². The van der Waals surface area contributed by atoms with Crippen molar-refractivity contribution in [2.75, 3.05) is 19.6 Å². The quantitative estimate of drug-likeness (QED) is 0.791. The van der Waals surface area contributed by atoms with E-state index in [4.69, 9.17) is 11.6 Å². The molecule has 4 nitrogen and oxygen atoms in total. The molecule has 1 aromatic carbocycles. The fourth-order valence-electron chi connectivity index (χ4n) is 4.21. The summed E-state index contributed by atoms with van der Waals surface area (Å²) in [7, 11) is 0. The molecule has 0 radical (unpaired) electrons. The van der Waals surface area contributed by atoms with Gasteiger partial charge in [0.1, 0.15) is 5.82 Å². The molecular weight excluding hydrogens is 355 g/mol. The molecule has 1 amide bonds. The molecule has 1 atom stereocenters. The summed E-state index contributed by atoms with van der Waals surface area (Å²) in [5, 5.41) is 14.3. The smallest absolute Gasteiger partial charge is 0.255 e. The first-order valence-electron chi connectivity index (χ1n) is 9.64. The van der Waals surface area contributed by atoms with E-state index in [1.165, 1.54) is 44.2 Å². The predicted molar refractivity (Wildman–Crippen MR) is 100 cm³/mol. The van der Waals surface area contributed by atoms with E-state index >= 15 is 0 Å². The highest BCUT2D eigenvalue weighted by molar-refractivity contribution is 6.30. The number of amides is 1. The minimum atomic E-state index is -1.37. The number of nitrogens with one attached hydrogen (secondary N) is 1. The molecule has 1 saturated heterocycles. The molecule has 6 heteroatoms. The monoisotopic (exact) mass is 382 g/mol. The lowest BCUT2D eigenvalue weighted by molar-refractivity contribution is -0.157. The Bertz CT molecular complexity index is 616. The molecule has 0 spiro atoms. The third kappa shape index (κ3) is 4.96. The summed E-state index contributed by atoms with van der Waals surface area (Å²) in [5.74, 6) is 0.0111. The maximum absolute atomic E-state index is 13.4. The van der Waals surface area contributed by atoms with Crippen molar-refractivity contribution in [2.45, 2.75) is 57.1 Å². The molecule has 2 N–H and O–H groups in total. The average molecular weight is 383 g/mol. The molecule has 3 rings (SSSR count). The summed E-state index contributed by atoms with van der Waals surface area (Å²) in [6.45, 7) is 2.02. The number of likely N-dealkylation sites (tertiary alicyclic amines) is 1. The second kappa shape index (κ2) is 8.68. The van der Waals surface area contributed by atoms with Crippen LogP contribution in [0.3, 0.4) is 0 Å². The number of carbonyl (C=O) groups is 1. The minimum absolute atomic E-state index is 0.168. The highest BCUT2D eigenvalue weighted by Crippen LogP contribution is 2.28. The maximum atomic E-state index is 13.4. The van der Waals surface area contributed by atoms with Gasteiger partial charge in [-0.1, -0.05) is 30.9 Å². The Morgan fingerprint density at radius 1 is 1.23 bits per heavy atom. The second-order valence-corrected chi connectivity index (χ2v) is 8.21. The van der Waals surface area contributed by atoms with Crippen molar-refractivity contribution in [1.29, 1.82) is 0 Å². The van der Waals surface area contributed by atoms with Crippen LogP contribution in [0.5, 0.6) is 0 Å². The topological polar surface area (TPSA) is 52.6 Å². The van der Waals surface area contributed by atoms with Crippen molar-refractivity contribution in [3.05, 3.63) is 34.6 Å². The number of halogens is 2. The van der Waals surface area contributed by atoms with Crippen LogP contribution in [0, 0.1) is 11.7 Å². The maximum Gasteiger partial charge on any atom is 0.255 e. The van der Waals surface area contributed by atoms with Crippen LogP contribution < -0.4 is 5.32 Å².